The Bertz CT molecular complexity index is 514. The van der Waals surface area contributed by atoms with E-state index in [0.29, 0.717) is 6.04 Å². The lowest BCUT2D eigenvalue weighted by atomic mass is 9.98. The molecule has 1 atom stereocenters. The van der Waals surface area contributed by atoms with E-state index < -0.39 is 0 Å². The second kappa shape index (κ2) is 5.80. The number of nitrogens with zero attached hydrogens (tertiary/aromatic N) is 2. The minimum Gasteiger partial charge on any atom is -0.305 e. The number of hydrogen-bond donors (Lipinski definition) is 1. The third-order valence-corrected chi connectivity index (χ3v) is 4.41. The molecule has 0 aliphatic rings. The third-order valence-electron chi connectivity index (χ3n) is 2.98. The van der Waals surface area contributed by atoms with Gasteiger partial charge in [-0.05, 0) is 24.6 Å². The second-order valence-corrected chi connectivity index (χ2v) is 6.88. The largest absolute Gasteiger partial charge is 0.305 e. The molecular weight excluding hydrogens is 254 g/mol. The highest BCUT2D eigenvalue weighted by molar-refractivity contribution is 7.11. The van der Waals surface area contributed by atoms with Crippen LogP contribution in [-0.4, -0.2) is 9.97 Å². The molecule has 0 saturated heterocycles. The number of rotatable bonds is 4. The Kier molecular flexibility index (Phi) is 4.32. The van der Waals surface area contributed by atoms with E-state index in [1.165, 1.54) is 15.4 Å². The zero-order valence-corrected chi connectivity index (χ0v) is 12.8. The maximum atomic E-state index is 4.51. The molecule has 0 aromatic carbocycles. The van der Waals surface area contributed by atoms with Gasteiger partial charge in [0.15, 0.2) is 0 Å². The van der Waals surface area contributed by atoms with Crippen molar-refractivity contribution < 1.29 is 0 Å². The van der Waals surface area contributed by atoms with Crippen LogP contribution in [0, 0.1) is 0 Å². The van der Waals surface area contributed by atoms with E-state index in [9.17, 15) is 0 Å². The zero-order chi connectivity index (χ0) is 13.9. The molecule has 3 nitrogen and oxygen atoms in total. The predicted octanol–water partition coefficient (Wildman–Crippen LogP) is 3.69. The van der Waals surface area contributed by atoms with Crippen molar-refractivity contribution in [3.05, 3.63) is 46.2 Å². The van der Waals surface area contributed by atoms with E-state index in [1.807, 2.05) is 30.7 Å². The summed E-state index contributed by atoms with van der Waals surface area (Å²) in [6.07, 6.45) is 5.65. The Morgan fingerprint density at radius 2 is 1.95 bits per heavy atom. The van der Waals surface area contributed by atoms with E-state index in [4.69, 9.17) is 0 Å². The van der Waals surface area contributed by atoms with Gasteiger partial charge in [0, 0.05) is 41.5 Å². The van der Waals surface area contributed by atoms with Crippen LogP contribution in [0.4, 0.5) is 0 Å². The molecule has 0 aliphatic carbocycles. The van der Waals surface area contributed by atoms with Gasteiger partial charge in [0.1, 0.15) is 0 Å². The van der Waals surface area contributed by atoms with Gasteiger partial charge in [-0.25, -0.2) is 4.98 Å². The van der Waals surface area contributed by atoms with Gasteiger partial charge in [-0.3, -0.25) is 4.98 Å². The summed E-state index contributed by atoms with van der Waals surface area (Å²) in [5.41, 5.74) is 1.40. The highest BCUT2D eigenvalue weighted by Gasteiger charge is 2.18. The molecule has 102 valence electrons. The molecule has 0 aliphatic heterocycles. The molecule has 0 saturated carbocycles. The summed E-state index contributed by atoms with van der Waals surface area (Å²) in [5, 5.41) is 4.72. The number of nitrogens with one attached hydrogen (secondary N) is 1. The number of thiazole rings is 1. The van der Waals surface area contributed by atoms with E-state index >= 15 is 0 Å². The summed E-state index contributed by atoms with van der Waals surface area (Å²) in [6, 6.07) is 4.42. The van der Waals surface area contributed by atoms with Crippen molar-refractivity contribution in [1.82, 2.24) is 15.3 Å². The average molecular weight is 275 g/mol. The number of hydrogen-bond acceptors (Lipinski definition) is 4. The standard InChI is InChI=1S/C15H21N3S/c1-11(12-5-7-16-8-6-12)17-9-13-10-18-14(19-13)15(2,3)4/h5-8,10-11,17H,9H2,1-4H3. The quantitative estimate of drug-likeness (QED) is 0.925. The van der Waals surface area contributed by atoms with Crippen LogP contribution in [0.1, 0.15) is 49.2 Å². The lowest BCUT2D eigenvalue weighted by Crippen LogP contribution is -2.17. The van der Waals surface area contributed by atoms with Crippen molar-refractivity contribution in [1.29, 1.82) is 0 Å². The number of pyridine rings is 1. The summed E-state index contributed by atoms with van der Waals surface area (Å²) in [7, 11) is 0. The SMILES string of the molecule is CC(NCc1cnc(C(C)(C)C)s1)c1ccncc1. The summed E-state index contributed by atoms with van der Waals surface area (Å²) in [4.78, 5) is 9.83. The summed E-state index contributed by atoms with van der Waals surface area (Å²) < 4.78 is 0. The molecule has 2 aromatic rings. The average Bonchev–Trinajstić information content (AvgIpc) is 2.86. The molecule has 0 fully saturated rings. The monoisotopic (exact) mass is 275 g/mol. The van der Waals surface area contributed by atoms with Crippen LogP contribution < -0.4 is 5.32 Å². The zero-order valence-electron chi connectivity index (χ0n) is 12.0. The van der Waals surface area contributed by atoms with Crippen molar-refractivity contribution in [2.45, 2.75) is 45.7 Å². The van der Waals surface area contributed by atoms with E-state index in [0.717, 1.165) is 6.54 Å². The predicted molar refractivity (Wildman–Crippen MR) is 80.3 cm³/mol. The highest BCUT2D eigenvalue weighted by atomic mass is 32.1. The van der Waals surface area contributed by atoms with Gasteiger partial charge >= 0.3 is 0 Å². The van der Waals surface area contributed by atoms with Gasteiger partial charge in [-0.2, -0.15) is 0 Å². The number of aromatic nitrogens is 2. The Balaban J connectivity index is 1.94. The fraction of sp³-hybridized carbons (Fsp3) is 0.467. The van der Waals surface area contributed by atoms with Gasteiger partial charge in [-0.1, -0.05) is 20.8 Å². The minimum absolute atomic E-state index is 0.139. The van der Waals surface area contributed by atoms with Gasteiger partial charge in [-0.15, -0.1) is 11.3 Å². The van der Waals surface area contributed by atoms with Crippen molar-refractivity contribution in [2.24, 2.45) is 0 Å². The summed E-state index contributed by atoms with van der Waals surface area (Å²) in [5.74, 6) is 0. The first kappa shape index (κ1) is 14.2. The maximum absolute atomic E-state index is 4.51. The van der Waals surface area contributed by atoms with Gasteiger partial charge in [0.25, 0.3) is 0 Å². The van der Waals surface area contributed by atoms with Gasteiger partial charge in [0.2, 0.25) is 0 Å². The molecule has 0 spiro atoms. The van der Waals surface area contributed by atoms with Crippen LogP contribution in [0.2, 0.25) is 0 Å². The fourth-order valence-electron chi connectivity index (χ4n) is 1.76. The minimum atomic E-state index is 0.139. The molecule has 1 N–H and O–H groups in total. The molecular formula is C15H21N3S. The lowest BCUT2D eigenvalue weighted by Gasteiger charge is -2.14. The Morgan fingerprint density at radius 3 is 2.53 bits per heavy atom. The Hall–Kier alpha value is -1.26. The molecule has 4 heteroatoms. The van der Waals surface area contributed by atoms with Crippen LogP contribution in [0.5, 0.6) is 0 Å². The molecule has 2 rings (SSSR count). The topological polar surface area (TPSA) is 37.8 Å². The third kappa shape index (κ3) is 3.85. The highest BCUT2D eigenvalue weighted by Crippen LogP contribution is 2.27. The molecule has 0 amide bonds. The smallest absolute Gasteiger partial charge is 0.0981 e. The first-order valence-electron chi connectivity index (χ1n) is 6.55. The molecule has 2 heterocycles. The van der Waals surface area contributed by atoms with Gasteiger partial charge in [0.05, 0.1) is 5.01 Å². The van der Waals surface area contributed by atoms with E-state index in [2.05, 4.69) is 43.0 Å². The summed E-state index contributed by atoms with van der Waals surface area (Å²) >= 11 is 1.79. The van der Waals surface area contributed by atoms with Crippen LogP contribution in [0.3, 0.4) is 0 Å². The molecule has 0 bridgehead atoms. The Morgan fingerprint density at radius 1 is 1.26 bits per heavy atom. The summed E-state index contributed by atoms with van der Waals surface area (Å²) in [6.45, 7) is 9.62. The van der Waals surface area contributed by atoms with Crippen LogP contribution in [-0.2, 0) is 12.0 Å². The van der Waals surface area contributed by atoms with Crippen LogP contribution in [0.15, 0.2) is 30.7 Å². The molecule has 19 heavy (non-hydrogen) atoms. The fourth-order valence-corrected chi connectivity index (χ4v) is 2.68. The maximum Gasteiger partial charge on any atom is 0.0981 e. The van der Waals surface area contributed by atoms with Crippen molar-refractivity contribution in [3.63, 3.8) is 0 Å². The first-order chi connectivity index (χ1) is 8.97. The lowest BCUT2D eigenvalue weighted by molar-refractivity contribution is 0.577. The molecule has 2 aromatic heterocycles. The van der Waals surface area contributed by atoms with Crippen molar-refractivity contribution in [2.75, 3.05) is 0 Å². The molecule has 1 unspecified atom stereocenters. The Labute approximate surface area is 119 Å². The molecule has 0 radical (unpaired) electrons. The van der Waals surface area contributed by atoms with E-state index in [1.54, 1.807) is 11.3 Å². The first-order valence-corrected chi connectivity index (χ1v) is 7.37. The van der Waals surface area contributed by atoms with Crippen molar-refractivity contribution in [3.8, 4) is 0 Å². The normalized spacial score (nSPS) is 13.5. The van der Waals surface area contributed by atoms with Crippen LogP contribution >= 0.6 is 11.3 Å². The second-order valence-electron chi connectivity index (χ2n) is 5.76. The van der Waals surface area contributed by atoms with Crippen molar-refractivity contribution >= 4 is 11.3 Å². The van der Waals surface area contributed by atoms with E-state index in [-0.39, 0.29) is 5.41 Å². The van der Waals surface area contributed by atoms with Crippen LogP contribution in [0.25, 0.3) is 0 Å². The van der Waals surface area contributed by atoms with Gasteiger partial charge < -0.3 is 5.32 Å².